The van der Waals surface area contributed by atoms with E-state index in [1.165, 1.54) is 50.6 Å². The molecule has 0 aliphatic carbocycles. The maximum atomic E-state index is 15.1. The molecule has 0 saturated carbocycles. The number of fused-ring (bicyclic) bond motifs is 2. The second-order valence-corrected chi connectivity index (χ2v) is 9.35. The predicted molar refractivity (Wildman–Crippen MR) is 124 cm³/mol. The van der Waals surface area contributed by atoms with Gasteiger partial charge >= 0.3 is 0 Å². The maximum absolute atomic E-state index is 15.1. The van der Waals surface area contributed by atoms with E-state index in [9.17, 15) is 18.0 Å². The standard InChI is InChI=1S/C24H21F4N7O/c1-10-14(26)8-12-17(34-35(21(12)30-10)9-11-6-5-7-13(25)16(11)27)20-31-18(29)15-19(32-20)33-22(36)24(15,4)23(2,3)28/h5-8H,9H2,1-4H3,(H3,29,31,32,33,36). The number of carbonyl (C=O) groups is 1. The summed E-state index contributed by atoms with van der Waals surface area (Å²) in [7, 11) is 0. The van der Waals surface area contributed by atoms with Gasteiger partial charge in [-0.25, -0.2) is 37.2 Å². The Morgan fingerprint density at radius 1 is 1.14 bits per heavy atom. The third-order valence-corrected chi connectivity index (χ3v) is 6.73. The molecule has 1 aliphatic rings. The highest BCUT2D eigenvalue weighted by atomic mass is 19.2. The lowest BCUT2D eigenvalue weighted by molar-refractivity contribution is -0.124. The highest BCUT2D eigenvalue weighted by Gasteiger charge is 2.56. The Morgan fingerprint density at radius 3 is 2.56 bits per heavy atom. The topological polar surface area (TPSA) is 112 Å². The lowest BCUT2D eigenvalue weighted by atomic mass is 9.72. The molecule has 0 fully saturated rings. The van der Waals surface area contributed by atoms with Crippen LogP contribution in [0.4, 0.5) is 29.2 Å². The van der Waals surface area contributed by atoms with Gasteiger partial charge in [0.2, 0.25) is 5.91 Å². The highest BCUT2D eigenvalue weighted by Crippen LogP contribution is 2.48. The number of hydrogen-bond donors (Lipinski definition) is 2. The molecule has 1 unspecified atom stereocenters. The number of nitrogens with one attached hydrogen (secondary N) is 1. The number of aromatic nitrogens is 5. The van der Waals surface area contributed by atoms with Crippen LogP contribution >= 0.6 is 0 Å². The number of anilines is 2. The SMILES string of the molecule is Cc1nc2c(cc1F)c(-c1nc(N)c3c(n1)NC(=O)C3(C)C(C)(C)F)nn2Cc1cccc(F)c1F. The van der Waals surface area contributed by atoms with Gasteiger partial charge in [-0.1, -0.05) is 12.1 Å². The molecule has 0 spiro atoms. The molecule has 3 aromatic heterocycles. The number of nitrogens with zero attached hydrogens (tertiary/aromatic N) is 5. The fraction of sp³-hybridized carbons (Fsp3) is 0.292. The van der Waals surface area contributed by atoms with E-state index in [2.05, 4.69) is 25.4 Å². The molecule has 36 heavy (non-hydrogen) atoms. The second-order valence-electron chi connectivity index (χ2n) is 9.35. The molecule has 0 bridgehead atoms. The molecule has 5 rings (SSSR count). The highest BCUT2D eigenvalue weighted by molar-refractivity contribution is 6.07. The van der Waals surface area contributed by atoms with Gasteiger partial charge in [-0.3, -0.25) is 4.79 Å². The summed E-state index contributed by atoms with van der Waals surface area (Å²) in [4.78, 5) is 25.6. The van der Waals surface area contributed by atoms with Crippen LogP contribution in [-0.2, 0) is 16.8 Å². The van der Waals surface area contributed by atoms with Crippen molar-refractivity contribution in [1.29, 1.82) is 0 Å². The van der Waals surface area contributed by atoms with Crippen LogP contribution in [0.3, 0.4) is 0 Å². The normalized spacial score (nSPS) is 17.5. The van der Waals surface area contributed by atoms with Crippen LogP contribution in [0.2, 0.25) is 0 Å². The van der Waals surface area contributed by atoms with Crippen molar-refractivity contribution in [2.24, 2.45) is 0 Å². The van der Waals surface area contributed by atoms with Gasteiger partial charge in [0.05, 0.1) is 23.2 Å². The van der Waals surface area contributed by atoms with Crippen molar-refractivity contribution >= 4 is 28.6 Å². The van der Waals surface area contributed by atoms with Gasteiger partial charge in [0, 0.05) is 5.56 Å². The van der Waals surface area contributed by atoms with Crippen molar-refractivity contribution in [1.82, 2.24) is 24.7 Å². The van der Waals surface area contributed by atoms with Crippen LogP contribution in [0.5, 0.6) is 0 Å². The molecular weight excluding hydrogens is 478 g/mol. The molecule has 0 radical (unpaired) electrons. The third kappa shape index (κ3) is 3.31. The Kier molecular flexibility index (Phi) is 5.06. The van der Waals surface area contributed by atoms with Crippen molar-refractivity contribution in [2.45, 2.75) is 45.3 Å². The van der Waals surface area contributed by atoms with Crippen LogP contribution < -0.4 is 11.1 Å². The number of benzene rings is 1. The Bertz CT molecular complexity index is 1580. The number of amides is 1. The van der Waals surface area contributed by atoms with Crippen LogP contribution in [0, 0.1) is 24.4 Å². The average Bonchev–Trinajstić information content (AvgIpc) is 3.26. The number of rotatable bonds is 4. The van der Waals surface area contributed by atoms with E-state index in [-0.39, 0.29) is 57.6 Å². The molecule has 8 nitrogen and oxygen atoms in total. The zero-order chi connectivity index (χ0) is 26.2. The summed E-state index contributed by atoms with van der Waals surface area (Å²) >= 11 is 0. The minimum Gasteiger partial charge on any atom is -0.383 e. The molecule has 3 N–H and O–H groups in total. The van der Waals surface area contributed by atoms with E-state index in [4.69, 9.17) is 5.73 Å². The lowest BCUT2D eigenvalue weighted by Crippen LogP contribution is -2.47. The smallest absolute Gasteiger partial charge is 0.239 e. The predicted octanol–water partition coefficient (Wildman–Crippen LogP) is 4.20. The van der Waals surface area contributed by atoms with Crippen LogP contribution in [0.25, 0.3) is 22.6 Å². The van der Waals surface area contributed by atoms with Gasteiger partial charge in [-0.15, -0.1) is 0 Å². The fourth-order valence-corrected chi connectivity index (χ4v) is 4.35. The zero-order valence-corrected chi connectivity index (χ0v) is 19.8. The summed E-state index contributed by atoms with van der Waals surface area (Å²) in [5.74, 6) is -3.56. The number of hydrogen-bond acceptors (Lipinski definition) is 6. The molecule has 4 heterocycles. The summed E-state index contributed by atoms with van der Waals surface area (Å²) < 4.78 is 59.0. The Morgan fingerprint density at radius 2 is 1.86 bits per heavy atom. The van der Waals surface area contributed by atoms with E-state index in [0.29, 0.717) is 0 Å². The maximum Gasteiger partial charge on any atom is 0.239 e. The van der Waals surface area contributed by atoms with Crippen molar-refractivity contribution in [3.8, 4) is 11.5 Å². The minimum atomic E-state index is -1.99. The summed E-state index contributed by atoms with van der Waals surface area (Å²) in [5.41, 5.74) is 2.94. The fourth-order valence-electron chi connectivity index (χ4n) is 4.35. The number of carbonyl (C=O) groups excluding carboxylic acids is 1. The monoisotopic (exact) mass is 499 g/mol. The quantitative estimate of drug-likeness (QED) is 0.407. The average molecular weight is 499 g/mol. The third-order valence-electron chi connectivity index (χ3n) is 6.73. The number of alkyl halides is 1. The Balaban J connectivity index is 1.71. The summed E-state index contributed by atoms with van der Waals surface area (Å²) in [6, 6.07) is 4.92. The Labute approximate surface area is 202 Å². The van der Waals surface area contributed by atoms with E-state index >= 15 is 4.39 Å². The number of halogens is 4. The Hall–Kier alpha value is -4.09. The van der Waals surface area contributed by atoms with Gasteiger partial charge < -0.3 is 11.1 Å². The van der Waals surface area contributed by atoms with Gasteiger partial charge in [0.15, 0.2) is 23.1 Å². The largest absolute Gasteiger partial charge is 0.383 e. The van der Waals surface area contributed by atoms with Gasteiger partial charge in [0.25, 0.3) is 0 Å². The molecule has 4 aromatic rings. The molecule has 186 valence electrons. The van der Waals surface area contributed by atoms with Crippen molar-refractivity contribution in [3.05, 3.63) is 58.5 Å². The zero-order valence-electron chi connectivity index (χ0n) is 19.8. The van der Waals surface area contributed by atoms with E-state index < -0.39 is 34.4 Å². The van der Waals surface area contributed by atoms with Crippen molar-refractivity contribution < 1.29 is 22.4 Å². The molecule has 0 saturated heterocycles. The van der Waals surface area contributed by atoms with Crippen LogP contribution in [0.15, 0.2) is 24.3 Å². The molecule has 1 atom stereocenters. The lowest BCUT2D eigenvalue weighted by Gasteiger charge is -2.32. The first-order valence-electron chi connectivity index (χ1n) is 11.0. The first kappa shape index (κ1) is 23.6. The van der Waals surface area contributed by atoms with Crippen molar-refractivity contribution in [2.75, 3.05) is 11.1 Å². The number of aryl methyl sites for hydroxylation is 1. The molecular formula is C24H21F4N7O. The molecule has 1 aromatic carbocycles. The van der Waals surface area contributed by atoms with Gasteiger partial charge in [-0.05, 0) is 39.8 Å². The first-order chi connectivity index (χ1) is 16.8. The first-order valence-corrected chi connectivity index (χ1v) is 11.0. The second kappa shape index (κ2) is 7.70. The van der Waals surface area contributed by atoms with Gasteiger partial charge in [-0.2, -0.15) is 5.10 Å². The van der Waals surface area contributed by atoms with Crippen LogP contribution in [0.1, 0.15) is 37.6 Å². The number of pyridine rings is 1. The van der Waals surface area contributed by atoms with E-state index in [0.717, 1.165) is 6.07 Å². The number of nitrogens with two attached hydrogens (primary N) is 1. The number of nitrogen functional groups attached to an aromatic ring is 1. The summed E-state index contributed by atoms with van der Waals surface area (Å²) in [6.07, 6.45) is 0. The van der Waals surface area contributed by atoms with Crippen LogP contribution in [-0.4, -0.2) is 36.3 Å². The molecule has 12 heteroatoms. The van der Waals surface area contributed by atoms with Crippen molar-refractivity contribution in [3.63, 3.8) is 0 Å². The summed E-state index contributed by atoms with van der Waals surface area (Å²) in [5, 5.41) is 7.15. The molecule has 1 aliphatic heterocycles. The summed E-state index contributed by atoms with van der Waals surface area (Å²) in [6.45, 7) is 5.16. The minimum absolute atomic E-state index is 0.00248. The van der Waals surface area contributed by atoms with Gasteiger partial charge in [0.1, 0.15) is 34.2 Å². The molecule has 1 amide bonds. The van der Waals surface area contributed by atoms with E-state index in [1.54, 1.807) is 0 Å². The van der Waals surface area contributed by atoms with E-state index in [1.807, 2.05) is 0 Å².